The molecule has 0 aromatic heterocycles. The van der Waals surface area contributed by atoms with Crippen LogP contribution in [0.5, 0.6) is 0 Å². The Labute approximate surface area is 114 Å². The highest BCUT2D eigenvalue weighted by Gasteiger charge is 2.43. The van der Waals surface area contributed by atoms with Gasteiger partial charge in [0.1, 0.15) is 0 Å². The standard InChI is InChI=1S/C12H22N2O4S/c1-10-3-7-14(8-4-10)19(17,18)13-12(5-2-6-12)9-11(15)16/h10,13H,2-9H2,1H3,(H,15,16). The van der Waals surface area contributed by atoms with E-state index in [-0.39, 0.29) is 6.42 Å². The fourth-order valence-electron chi connectivity index (χ4n) is 2.77. The Bertz CT molecular complexity index is 437. The quantitative estimate of drug-likeness (QED) is 0.789. The highest BCUT2D eigenvalue weighted by Crippen LogP contribution is 2.36. The lowest BCUT2D eigenvalue weighted by atomic mass is 9.75. The normalized spacial score (nSPS) is 24.9. The minimum Gasteiger partial charge on any atom is -0.481 e. The molecule has 0 bridgehead atoms. The van der Waals surface area contributed by atoms with E-state index in [1.807, 2.05) is 0 Å². The second-order valence-electron chi connectivity index (χ2n) is 5.89. The topological polar surface area (TPSA) is 86.7 Å². The molecule has 1 aliphatic carbocycles. The van der Waals surface area contributed by atoms with Gasteiger partial charge in [-0.15, -0.1) is 0 Å². The van der Waals surface area contributed by atoms with E-state index in [4.69, 9.17) is 5.11 Å². The number of nitrogens with zero attached hydrogens (tertiary/aromatic N) is 1. The van der Waals surface area contributed by atoms with Crippen molar-refractivity contribution < 1.29 is 18.3 Å². The van der Waals surface area contributed by atoms with Crippen LogP contribution < -0.4 is 4.72 Å². The average molecular weight is 290 g/mol. The maximum Gasteiger partial charge on any atom is 0.305 e. The van der Waals surface area contributed by atoms with Gasteiger partial charge in [-0.25, -0.2) is 0 Å². The summed E-state index contributed by atoms with van der Waals surface area (Å²) in [5.41, 5.74) is -0.756. The van der Waals surface area contributed by atoms with Gasteiger partial charge in [0.25, 0.3) is 10.2 Å². The van der Waals surface area contributed by atoms with Crippen molar-refractivity contribution in [1.29, 1.82) is 0 Å². The molecular formula is C12H22N2O4S. The van der Waals surface area contributed by atoms with Crippen molar-refractivity contribution in [3.8, 4) is 0 Å². The maximum atomic E-state index is 12.3. The molecule has 1 aliphatic heterocycles. The van der Waals surface area contributed by atoms with Crippen molar-refractivity contribution in [3.63, 3.8) is 0 Å². The molecule has 0 atom stereocenters. The van der Waals surface area contributed by atoms with Crippen molar-refractivity contribution in [2.75, 3.05) is 13.1 Å². The predicted molar refractivity (Wildman–Crippen MR) is 70.9 cm³/mol. The second-order valence-corrected chi connectivity index (χ2v) is 7.56. The van der Waals surface area contributed by atoms with E-state index in [1.165, 1.54) is 4.31 Å². The van der Waals surface area contributed by atoms with Gasteiger partial charge in [-0.1, -0.05) is 6.92 Å². The SMILES string of the molecule is CC1CCN(S(=O)(=O)NC2(CC(=O)O)CCC2)CC1. The first-order chi connectivity index (χ1) is 8.83. The van der Waals surface area contributed by atoms with Gasteiger partial charge in [-0.2, -0.15) is 17.4 Å². The Kier molecular flexibility index (Phi) is 4.17. The van der Waals surface area contributed by atoms with E-state index < -0.39 is 21.7 Å². The maximum absolute atomic E-state index is 12.3. The van der Waals surface area contributed by atoms with Gasteiger partial charge in [0, 0.05) is 18.6 Å². The van der Waals surface area contributed by atoms with Gasteiger partial charge in [0.2, 0.25) is 0 Å². The molecule has 2 aliphatic rings. The molecule has 0 unspecified atom stereocenters. The first-order valence-electron chi connectivity index (χ1n) is 6.84. The van der Waals surface area contributed by atoms with Crippen LogP contribution in [-0.4, -0.2) is 42.4 Å². The first kappa shape index (κ1) is 14.7. The summed E-state index contributed by atoms with van der Waals surface area (Å²) >= 11 is 0. The van der Waals surface area contributed by atoms with Crippen LogP contribution in [0.2, 0.25) is 0 Å². The molecule has 1 heterocycles. The van der Waals surface area contributed by atoms with Gasteiger partial charge in [-0.3, -0.25) is 4.79 Å². The molecule has 110 valence electrons. The van der Waals surface area contributed by atoms with Gasteiger partial charge < -0.3 is 5.11 Å². The fourth-order valence-corrected chi connectivity index (χ4v) is 4.42. The molecule has 2 N–H and O–H groups in total. The predicted octanol–water partition coefficient (Wildman–Crippen LogP) is 0.950. The van der Waals surface area contributed by atoms with Gasteiger partial charge in [-0.05, 0) is 38.0 Å². The molecular weight excluding hydrogens is 268 g/mol. The zero-order chi connectivity index (χ0) is 14.1. The third kappa shape index (κ3) is 3.46. The van der Waals surface area contributed by atoms with E-state index in [0.717, 1.165) is 19.3 Å². The molecule has 1 saturated carbocycles. The van der Waals surface area contributed by atoms with Crippen LogP contribution in [0.4, 0.5) is 0 Å². The molecule has 0 radical (unpaired) electrons. The fraction of sp³-hybridized carbons (Fsp3) is 0.917. The lowest BCUT2D eigenvalue weighted by Gasteiger charge is -2.42. The zero-order valence-electron chi connectivity index (χ0n) is 11.3. The highest BCUT2D eigenvalue weighted by atomic mass is 32.2. The first-order valence-corrected chi connectivity index (χ1v) is 8.28. The van der Waals surface area contributed by atoms with E-state index in [9.17, 15) is 13.2 Å². The summed E-state index contributed by atoms with van der Waals surface area (Å²) in [4.78, 5) is 10.9. The number of carbonyl (C=O) groups is 1. The van der Waals surface area contributed by atoms with Crippen LogP contribution in [0.15, 0.2) is 0 Å². The average Bonchev–Trinajstić information content (AvgIpc) is 2.25. The molecule has 2 rings (SSSR count). The number of hydrogen-bond donors (Lipinski definition) is 2. The van der Waals surface area contributed by atoms with Crippen LogP contribution in [-0.2, 0) is 15.0 Å². The molecule has 6 nitrogen and oxygen atoms in total. The Balaban J connectivity index is 2.01. The zero-order valence-corrected chi connectivity index (χ0v) is 12.1. The van der Waals surface area contributed by atoms with E-state index in [1.54, 1.807) is 0 Å². The number of piperidine rings is 1. The number of aliphatic carboxylic acids is 1. The smallest absolute Gasteiger partial charge is 0.305 e. The van der Waals surface area contributed by atoms with Crippen molar-refractivity contribution in [2.24, 2.45) is 5.92 Å². The minimum absolute atomic E-state index is 0.128. The summed E-state index contributed by atoms with van der Waals surface area (Å²) in [6.45, 7) is 3.18. The van der Waals surface area contributed by atoms with Crippen LogP contribution >= 0.6 is 0 Å². The Morgan fingerprint density at radius 2 is 1.95 bits per heavy atom. The van der Waals surface area contributed by atoms with Crippen molar-refractivity contribution >= 4 is 16.2 Å². The van der Waals surface area contributed by atoms with E-state index >= 15 is 0 Å². The van der Waals surface area contributed by atoms with Gasteiger partial charge >= 0.3 is 5.97 Å². The Morgan fingerprint density at radius 1 is 1.37 bits per heavy atom. The third-order valence-corrected chi connectivity index (χ3v) is 5.96. The Morgan fingerprint density at radius 3 is 2.37 bits per heavy atom. The molecule has 0 spiro atoms. The molecule has 0 amide bonds. The highest BCUT2D eigenvalue weighted by molar-refractivity contribution is 7.87. The summed E-state index contributed by atoms with van der Waals surface area (Å²) in [6.07, 6.45) is 3.72. The summed E-state index contributed by atoms with van der Waals surface area (Å²) in [5.74, 6) is -0.391. The van der Waals surface area contributed by atoms with Gasteiger partial charge in [0.15, 0.2) is 0 Å². The molecule has 7 heteroatoms. The lowest BCUT2D eigenvalue weighted by molar-refractivity contribution is -0.139. The minimum atomic E-state index is -3.55. The summed E-state index contributed by atoms with van der Waals surface area (Å²) < 4.78 is 28.7. The van der Waals surface area contributed by atoms with Crippen LogP contribution in [0, 0.1) is 5.92 Å². The summed E-state index contributed by atoms with van der Waals surface area (Å²) in [6, 6.07) is 0. The van der Waals surface area contributed by atoms with Gasteiger partial charge in [0.05, 0.1) is 6.42 Å². The third-order valence-electron chi connectivity index (χ3n) is 4.23. The van der Waals surface area contributed by atoms with Crippen LogP contribution in [0.25, 0.3) is 0 Å². The number of rotatable bonds is 5. The van der Waals surface area contributed by atoms with Crippen LogP contribution in [0.3, 0.4) is 0 Å². The molecule has 0 aromatic rings. The molecule has 1 saturated heterocycles. The van der Waals surface area contributed by atoms with E-state index in [2.05, 4.69) is 11.6 Å². The van der Waals surface area contributed by atoms with E-state index in [0.29, 0.717) is 31.8 Å². The lowest BCUT2D eigenvalue weighted by Crippen LogP contribution is -2.58. The number of hydrogen-bond acceptors (Lipinski definition) is 3. The monoisotopic (exact) mass is 290 g/mol. The molecule has 19 heavy (non-hydrogen) atoms. The second kappa shape index (κ2) is 5.38. The summed E-state index contributed by atoms with van der Waals surface area (Å²) in [5, 5.41) is 8.91. The largest absolute Gasteiger partial charge is 0.481 e. The van der Waals surface area contributed by atoms with Crippen LogP contribution in [0.1, 0.15) is 45.4 Å². The molecule has 0 aromatic carbocycles. The van der Waals surface area contributed by atoms with Crippen molar-refractivity contribution in [2.45, 2.75) is 51.0 Å². The van der Waals surface area contributed by atoms with Crippen molar-refractivity contribution in [3.05, 3.63) is 0 Å². The number of carboxylic acid groups (broad SMARTS) is 1. The summed E-state index contributed by atoms with van der Waals surface area (Å²) in [7, 11) is -3.55. The number of nitrogens with one attached hydrogen (secondary N) is 1. The molecule has 2 fully saturated rings. The van der Waals surface area contributed by atoms with Crippen molar-refractivity contribution in [1.82, 2.24) is 9.03 Å². The Hall–Kier alpha value is -0.660. The number of carboxylic acids is 1.